The van der Waals surface area contributed by atoms with Crippen molar-refractivity contribution < 1.29 is 50.5 Å². The van der Waals surface area contributed by atoms with E-state index in [0.29, 0.717) is 0 Å². The predicted molar refractivity (Wildman–Crippen MR) is 147 cm³/mol. The fourth-order valence-electron chi connectivity index (χ4n) is 2.36. The van der Waals surface area contributed by atoms with Crippen LogP contribution < -0.4 is 27.6 Å². The van der Waals surface area contributed by atoms with Gasteiger partial charge in [0.25, 0.3) is 5.91 Å². The van der Waals surface area contributed by atoms with Crippen molar-refractivity contribution in [2.75, 3.05) is 14.2 Å². The summed E-state index contributed by atoms with van der Waals surface area (Å²) in [5.74, 6) is -0.597. The van der Waals surface area contributed by atoms with Crippen LogP contribution in [0.3, 0.4) is 0 Å². The molecule has 218 valence electrons. The smallest absolute Gasteiger partial charge is 1.00 e. The number of ketones is 1. The summed E-state index contributed by atoms with van der Waals surface area (Å²) >= 11 is 0. The quantitative estimate of drug-likeness (QED) is 0.181. The second kappa shape index (κ2) is 22.2. The largest absolute Gasteiger partial charge is 2.00 e. The van der Waals surface area contributed by atoms with Gasteiger partial charge in [0.15, 0.2) is 5.78 Å². The fourth-order valence-corrected chi connectivity index (χ4v) is 2.36. The van der Waals surface area contributed by atoms with E-state index >= 15 is 0 Å². The average Bonchev–Trinajstić information content (AvgIpc) is 2.73. The van der Waals surface area contributed by atoms with Crippen molar-refractivity contribution in [1.82, 2.24) is 15.7 Å². The molecule has 2 atom stereocenters. The minimum absolute atomic E-state index is 0. The normalized spacial score (nSPS) is 11.8. The number of carbonyl (C=O) groups is 4. The van der Waals surface area contributed by atoms with Gasteiger partial charge in [0.1, 0.15) is 17.2 Å². The zero-order chi connectivity index (χ0) is 29.4. The van der Waals surface area contributed by atoms with Crippen LogP contribution in [-0.4, -0.2) is 89.4 Å². The van der Waals surface area contributed by atoms with E-state index in [1.165, 1.54) is 20.2 Å². The third-order valence-electron chi connectivity index (χ3n) is 4.04. The summed E-state index contributed by atoms with van der Waals surface area (Å²) < 4.78 is 10.2. The number of ether oxygens (including phenoxy) is 2. The second-order valence-corrected chi connectivity index (χ2v) is 10.4. The summed E-state index contributed by atoms with van der Waals surface area (Å²) in [5, 5.41) is 6.18. The Morgan fingerprint density at radius 1 is 0.816 bits per heavy atom. The topological polar surface area (TPSA) is 123 Å². The van der Waals surface area contributed by atoms with E-state index < -0.39 is 35.5 Å². The zero-order valence-electron chi connectivity index (χ0n) is 25.3. The number of nitrogens with one attached hydrogen (secondary N) is 2. The van der Waals surface area contributed by atoms with Crippen LogP contribution in [0.1, 0.15) is 69.2 Å². The molecule has 0 fully saturated rings. The van der Waals surface area contributed by atoms with E-state index in [9.17, 15) is 19.2 Å². The van der Waals surface area contributed by atoms with Gasteiger partial charge in [-0.1, -0.05) is 34.3 Å². The van der Waals surface area contributed by atoms with Gasteiger partial charge in [0.05, 0.1) is 13.2 Å². The van der Waals surface area contributed by atoms with E-state index in [1.54, 1.807) is 41.5 Å². The van der Waals surface area contributed by atoms with E-state index in [1.807, 2.05) is 27.7 Å². The van der Waals surface area contributed by atoms with Crippen LogP contribution in [0, 0.1) is 18.4 Å². The molecule has 0 saturated heterocycles. The van der Waals surface area contributed by atoms with Gasteiger partial charge in [0.2, 0.25) is 0 Å². The van der Waals surface area contributed by atoms with Crippen LogP contribution >= 0.6 is 0 Å². The van der Waals surface area contributed by atoms with Crippen molar-refractivity contribution in [3.05, 3.63) is 25.8 Å². The average molecular weight is 619 g/mol. The Kier molecular flexibility index (Phi) is 27.0. The molecule has 0 aromatic carbocycles. The van der Waals surface area contributed by atoms with Gasteiger partial charge in [-0.3, -0.25) is 21.0 Å². The number of hydrogen-bond acceptors (Lipinski definition) is 7. The SMILES string of the molecule is C=CC(=O)[C@H](NC(=O)OC(C)(C)C)C(C)C.CON(C)C(=O)[C@H](NC(=O)OC(C)(C)C)C(C)C.[Br-].[CH-]=C.[Mg+2]. The van der Waals surface area contributed by atoms with Gasteiger partial charge in [-0.25, -0.2) is 14.7 Å². The summed E-state index contributed by atoms with van der Waals surface area (Å²) in [7, 11) is 2.89. The fraction of sp³-hybridized carbons (Fsp3) is 0.692. The van der Waals surface area contributed by atoms with Crippen molar-refractivity contribution in [1.29, 1.82) is 0 Å². The van der Waals surface area contributed by atoms with Crippen molar-refractivity contribution in [3.63, 3.8) is 0 Å². The molecule has 0 aliphatic carbocycles. The molecule has 0 aliphatic heterocycles. The number of alkyl carbamates (subject to hydrolysis) is 2. The van der Waals surface area contributed by atoms with Crippen molar-refractivity contribution in [3.8, 4) is 0 Å². The summed E-state index contributed by atoms with van der Waals surface area (Å²) in [6, 6.07) is -1.25. The van der Waals surface area contributed by atoms with Crippen LogP contribution in [0.25, 0.3) is 0 Å². The number of likely N-dealkylation sites (N-methyl/N-ethyl adjacent to an activating group) is 1. The molecule has 10 nitrogen and oxygen atoms in total. The molecule has 0 aromatic heterocycles. The number of halogens is 1. The van der Waals surface area contributed by atoms with Gasteiger partial charge < -0.3 is 43.7 Å². The Hall–Kier alpha value is -1.63. The number of amides is 3. The van der Waals surface area contributed by atoms with Gasteiger partial charge in [-0.2, -0.15) is 0 Å². The Morgan fingerprint density at radius 3 is 1.37 bits per heavy atom. The monoisotopic (exact) mass is 617 g/mol. The van der Waals surface area contributed by atoms with Gasteiger partial charge in [-0.05, 0) is 59.5 Å². The molecule has 38 heavy (non-hydrogen) atoms. The maximum Gasteiger partial charge on any atom is 2.00 e. The molecular formula is C26H48BrMgN3O7. The van der Waals surface area contributed by atoms with Crippen LogP contribution in [0.2, 0.25) is 0 Å². The van der Waals surface area contributed by atoms with Crippen LogP contribution in [0.4, 0.5) is 9.59 Å². The Labute approximate surface area is 256 Å². The van der Waals surface area contributed by atoms with Gasteiger partial charge in [-0.15, -0.1) is 0 Å². The zero-order valence-corrected chi connectivity index (χ0v) is 28.3. The number of carbonyl (C=O) groups excluding carboxylic acids is 4. The molecule has 0 aromatic rings. The number of hydrogen-bond donors (Lipinski definition) is 2. The number of nitrogens with zero attached hydrogens (tertiary/aromatic N) is 1. The minimum atomic E-state index is -0.676. The maximum atomic E-state index is 11.9. The molecule has 0 unspecified atom stereocenters. The first-order valence-corrected chi connectivity index (χ1v) is 11.6. The van der Waals surface area contributed by atoms with Crippen LogP contribution in [-0.2, 0) is 23.9 Å². The molecule has 0 bridgehead atoms. The molecule has 0 radical (unpaired) electrons. The minimum Gasteiger partial charge on any atom is -1.00 e. The molecule has 0 heterocycles. The molecule has 0 aliphatic rings. The van der Waals surface area contributed by atoms with Gasteiger partial charge in [0, 0.05) is 7.05 Å². The molecule has 3 amide bonds. The van der Waals surface area contributed by atoms with Gasteiger partial charge >= 0.3 is 35.2 Å². The molecule has 0 saturated carbocycles. The molecule has 0 spiro atoms. The number of hydroxylamine groups is 2. The summed E-state index contributed by atoms with van der Waals surface area (Å²) in [4.78, 5) is 51.3. The van der Waals surface area contributed by atoms with E-state index in [4.69, 9.17) is 14.3 Å². The third-order valence-corrected chi connectivity index (χ3v) is 4.04. The van der Waals surface area contributed by atoms with Crippen molar-refractivity contribution in [2.45, 2.75) is 92.5 Å². The third kappa shape index (κ3) is 23.5. The Balaban J connectivity index is -0.000000172. The first kappa shape index (κ1) is 46.2. The van der Waals surface area contributed by atoms with Crippen molar-refractivity contribution >= 4 is 46.9 Å². The summed E-state index contributed by atoms with van der Waals surface area (Å²) in [6.45, 7) is 28.4. The Morgan fingerprint density at radius 2 is 1.13 bits per heavy atom. The molecule has 2 N–H and O–H groups in total. The van der Waals surface area contributed by atoms with Crippen LogP contribution in [0.15, 0.2) is 19.2 Å². The predicted octanol–water partition coefficient (Wildman–Crippen LogP) is 1.07. The number of rotatable bonds is 8. The molecule has 12 heteroatoms. The summed E-state index contributed by atoms with van der Waals surface area (Å²) in [6.07, 6.45) is 0.0163. The van der Waals surface area contributed by atoms with Crippen LogP contribution in [0.5, 0.6) is 0 Å². The van der Waals surface area contributed by atoms with E-state index in [2.05, 4.69) is 30.4 Å². The van der Waals surface area contributed by atoms with Crippen molar-refractivity contribution in [2.24, 2.45) is 11.8 Å². The first-order valence-electron chi connectivity index (χ1n) is 11.6. The second-order valence-electron chi connectivity index (χ2n) is 10.4. The summed E-state index contributed by atoms with van der Waals surface area (Å²) in [5.41, 5.74) is -1.16. The Bertz CT molecular complexity index is 721. The van der Waals surface area contributed by atoms with E-state index in [-0.39, 0.29) is 63.6 Å². The molecular weight excluding hydrogens is 571 g/mol. The van der Waals surface area contributed by atoms with E-state index in [0.717, 1.165) is 5.06 Å². The maximum absolute atomic E-state index is 11.9. The first-order chi connectivity index (χ1) is 16.3. The molecule has 0 rings (SSSR count). The standard InChI is InChI=1S/C12H24N2O4.C12H21NO3.C2H3.BrH.Mg/c1-8(2)9(10(15)14(6)17-7)13-11(16)18-12(3,4)5;1-7-9(14)10(8(2)3)13-11(15)16-12(4,5)6;1-2;;/h8-9H,1-7H3,(H,13,16);7-8,10H,1H2,2-6H3,(H,13,15);1H,2H2;1H;/q;;-1;;+2/p-1/t9-;10-;;;/m11.../s1.